The monoisotopic (exact) mass is 325 g/mol. The van der Waals surface area contributed by atoms with Gasteiger partial charge in [-0.2, -0.15) is 0 Å². The number of hydrogen-bond acceptors (Lipinski definition) is 2. The Morgan fingerprint density at radius 1 is 1.39 bits per heavy atom. The molecule has 2 atom stereocenters. The summed E-state index contributed by atoms with van der Waals surface area (Å²) in [5, 5.41) is 10.9. The summed E-state index contributed by atoms with van der Waals surface area (Å²) in [6.07, 6.45) is 0.820. The molecule has 1 aromatic carbocycles. The lowest BCUT2D eigenvalue weighted by atomic mass is 9.68. The maximum absolute atomic E-state index is 10.9. The molecule has 1 N–H and O–H groups in total. The van der Waals surface area contributed by atoms with Crippen molar-refractivity contribution in [3.63, 3.8) is 0 Å². The van der Waals surface area contributed by atoms with E-state index in [2.05, 4.69) is 0 Å². The molecule has 1 aliphatic carbocycles. The third kappa shape index (κ3) is 3.13. The van der Waals surface area contributed by atoms with Gasteiger partial charge >= 0.3 is 0 Å². The topological polar surface area (TPSA) is 29.5 Å². The fraction of sp³-hybridized carbons (Fsp3) is 0.619. The van der Waals surface area contributed by atoms with Crippen molar-refractivity contribution in [1.29, 1.82) is 0 Å². The first-order valence-corrected chi connectivity index (χ1v) is 8.14. The van der Waals surface area contributed by atoms with Gasteiger partial charge in [-0.05, 0) is 63.9 Å². The molecule has 1 heterocycles. The highest BCUT2D eigenvalue weighted by molar-refractivity contribution is 5.53. The summed E-state index contributed by atoms with van der Waals surface area (Å²) >= 11 is 0. The van der Waals surface area contributed by atoms with Crippen LogP contribution in [0, 0.1) is 5.92 Å². The smallest absolute Gasteiger partial charge is 0.127 e. The largest absolute Gasteiger partial charge is 0.507 e. The minimum Gasteiger partial charge on any atom is -0.507 e. The van der Waals surface area contributed by atoms with Gasteiger partial charge in [-0.25, -0.2) is 0 Å². The van der Waals surface area contributed by atoms with Crippen molar-refractivity contribution in [2.75, 3.05) is 0 Å². The highest BCUT2D eigenvalue weighted by Gasteiger charge is 2.45. The van der Waals surface area contributed by atoms with E-state index in [0.717, 1.165) is 6.42 Å². The number of allylic oxidation sites excluding steroid dienone is 2. The van der Waals surface area contributed by atoms with Crippen molar-refractivity contribution in [1.82, 2.24) is 0 Å². The Morgan fingerprint density at radius 3 is 3.00 bits per heavy atom. The minimum absolute atomic E-state index is 0.0251. The number of unbranched alkanes of at least 4 members (excludes halogenated alkanes) is 1. The van der Waals surface area contributed by atoms with Crippen LogP contribution in [-0.2, 0) is 6.37 Å². The molecular weight excluding hydrogens is 284 g/mol. The molecule has 0 spiro atoms. The summed E-state index contributed by atoms with van der Waals surface area (Å²) in [4.78, 5) is 0. The van der Waals surface area contributed by atoms with Gasteiger partial charge in [0.05, 0.1) is 0 Å². The molecule has 1 aliphatic heterocycles. The summed E-state index contributed by atoms with van der Waals surface area (Å²) < 4.78 is 95.1. The van der Waals surface area contributed by atoms with Crippen molar-refractivity contribution in [3.8, 4) is 11.5 Å². The van der Waals surface area contributed by atoms with E-state index in [1.807, 2.05) is 6.92 Å². The lowest BCUT2D eigenvalue weighted by molar-refractivity contribution is 0.0107. The van der Waals surface area contributed by atoms with E-state index < -0.39 is 44.4 Å². The Kier molecular flexibility index (Phi) is 2.06. The van der Waals surface area contributed by atoms with Crippen LogP contribution < -0.4 is 4.74 Å². The Hall–Kier alpha value is -1.44. The average molecular weight is 326 g/mol. The van der Waals surface area contributed by atoms with Gasteiger partial charge in [-0.3, -0.25) is 0 Å². The van der Waals surface area contributed by atoms with Crippen LogP contribution in [0.1, 0.15) is 91.7 Å². The Bertz CT molecular complexity index is 943. The molecular formula is C21H30O2. The number of ether oxygens (including phenoxy) is 1. The zero-order chi connectivity index (χ0) is 25.9. The first kappa shape index (κ1) is 7.63. The summed E-state index contributed by atoms with van der Waals surface area (Å²) in [6, 6.07) is 2.49. The Balaban J connectivity index is 2.31. The fourth-order valence-corrected chi connectivity index (χ4v) is 3.44. The SMILES string of the molecule is [2H]C([2H])([2H])C1=C[C@H]2c3c(O)cc(C([2H])([2H])CCCC)cc3OC(C([2H])([2H])[2H])(C([2H])([2H])[2H])[C@@H]2CC1. The summed E-state index contributed by atoms with van der Waals surface area (Å²) in [7, 11) is 0. The lowest BCUT2D eigenvalue weighted by Gasteiger charge is -2.46. The molecule has 0 saturated heterocycles. The third-order valence-corrected chi connectivity index (χ3v) is 4.65. The second kappa shape index (κ2) is 6.22. The predicted molar refractivity (Wildman–Crippen MR) is 95.3 cm³/mol. The van der Waals surface area contributed by atoms with Crippen LogP contribution in [-0.4, -0.2) is 10.7 Å². The van der Waals surface area contributed by atoms with E-state index in [4.69, 9.17) is 19.8 Å². The molecule has 0 saturated carbocycles. The number of aromatic hydroxyl groups is 1. The number of phenols is 1. The van der Waals surface area contributed by atoms with Crippen molar-refractivity contribution in [2.24, 2.45) is 5.92 Å². The van der Waals surface area contributed by atoms with Gasteiger partial charge in [0.25, 0.3) is 0 Å². The molecule has 0 amide bonds. The van der Waals surface area contributed by atoms with Gasteiger partial charge in [0.15, 0.2) is 0 Å². The Labute approximate surface area is 156 Å². The van der Waals surface area contributed by atoms with Gasteiger partial charge in [0.1, 0.15) is 17.1 Å². The van der Waals surface area contributed by atoms with Crippen molar-refractivity contribution in [3.05, 3.63) is 34.9 Å². The number of phenolic OH excluding ortho intramolecular Hbond substituents is 1. The van der Waals surface area contributed by atoms with E-state index >= 15 is 0 Å². The molecule has 1 aromatic rings. The van der Waals surface area contributed by atoms with Crippen LogP contribution in [0.15, 0.2) is 23.8 Å². The first-order chi connectivity index (χ1) is 15.4. The van der Waals surface area contributed by atoms with Gasteiger partial charge in [-0.1, -0.05) is 31.4 Å². The number of benzene rings is 1. The summed E-state index contributed by atoms with van der Waals surface area (Å²) in [5.74, 6) is -2.81. The van der Waals surface area contributed by atoms with E-state index in [-0.39, 0.29) is 47.5 Å². The van der Waals surface area contributed by atoms with Crippen LogP contribution >= 0.6 is 0 Å². The number of fused-ring (bicyclic) bond motifs is 3. The standard InChI is InChI=1S/C21H30O2/c1-5-6-7-8-15-12-18(22)20-16-11-14(2)9-10-17(16)21(3,4)23-19(20)13-15/h11-13,16-17,22H,5-10H2,1-4H3/t16-,17-/m1/s1/i2D3,3D3,4D3,8D2. The van der Waals surface area contributed by atoms with Crippen LogP contribution in [0.5, 0.6) is 11.5 Å². The fourth-order valence-electron chi connectivity index (χ4n) is 3.44. The van der Waals surface area contributed by atoms with E-state index in [9.17, 15) is 5.11 Å². The van der Waals surface area contributed by atoms with E-state index in [0.29, 0.717) is 6.42 Å². The summed E-state index contributed by atoms with van der Waals surface area (Å²) in [6.45, 7) is -6.78. The highest BCUT2D eigenvalue weighted by Crippen LogP contribution is 2.53. The van der Waals surface area contributed by atoms with Crippen LogP contribution in [0.2, 0.25) is 0 Å². The van der Waals surface area contributed by atoms with Gasteiger partial charge in [0.2, 0.25) is 0 Å². The van der Waals surface area contributed by atoms with E-state index in [1.54, 1.807) is 0 Å². The minimum atomic E-state index is -3.11. The normalized spacial score (nSPS) is 34.5. The zero-order valence-electron chi connectivity index (χ0n) is 24.3. The second-order valence-corrected chi connectivity index (χ2v) is 6.39. The zero-order valence-corrected chi connectivity index (χ0v) is 13.3. The molecule has 0 fully saturated rings. The van der Waals surface area contributed by atoms with Crippen molar-refractivity contribution >= 4 is 0 Å². The average Bonchev–Trinajstić information content (AvgIpc) is 2.68. The van der Waals surface area contributed by atoms with E-state index in [1.165, 1.54) is 18.2 Å². The van der Waals surface area contributed by atoms with Crippen LogP contribution in [0.3, 0.4) is 0 Å². The second-order valence-electron chi connectivity index (χ2n) is 6.39. The maximum atomic E-state index is 10.9. The number of aryl methyl sites for hydroxylation is 1. The van der Waals surface area contributed by atoms with Crippen LogP contribution in [0.25, 0.3) is 0 Å². The lowest BCUT2D eigenvalue weighted by Crippen LogP contribution is -2.45. The maximum Gasteiger partial charge on any atom is 0.127 e. The molecule has 0 radical (unpaired) electrons. The van der Waals surface area contributed by atoms with Crippen molar-refractivity contribution in [2.45, 2.75) is 77.5 Å². The molecule has 126 valence electrons. The van der Waals surface area contributed by atoms with Gasteiger partial charge in [0, 0.05) is 32.5 Å². The summed E-state index contributed by atoms with van der Waals surface area (Å²) in [5.41, 5.74) is -2.47. The molecule has 0 bridgehead atoms. The molecule has 23 heavy (non-hydrogen) atoms. The molecule has 2 aliphatic rings. The first-order valence-electron chi connectivity index (χ1n) is 13.6. The molecule has 2 heteroatoms. The number of rotatable bonds is 4. The highest BCUT2D eigenvalue weighted by atomic mass is 16.5. The molecule has 3 rings (SSSR count). The number of hydrogen-bond donors (Lipinski definition) is 1. The molecule has 0 aromatic heterocycles. The van der Waals surface area contributed by atoms with Gasteiger partial charge in [-0.15, -0.1) is 0 Å². The molecule has 2 nitrogen and oxygen atoms in total. The Morgan fingerprint density at radius 2 is 2.26 bits per heavy atom. The van der Waals surface area contributed by atoms with Gasteiger partial charge < -0.3 is 9.84 Å². The van der Waals surface area contributed by atoms with Crippen molar-refractivity contribution < 1.29 is 24.9 Å². The van der Waals surface area contributed by atoms with Crippen LogP contribution in [0.4, 0.5) is 0 Å². The quantitative estimate of drug-likeness (QED) is 0.716. The molecule has 0 unspecified atom stereocenters. The third-order valence-electron chi connectivity index (χ3n) is 4.65. The predicted octanol–water partition coefficient (Wildman–Crippen LogP) is 5.74.